The third-order valence-corrected chi connectivity index (χ3v) is 2.14. The number of ketones is 1. The first-order valence-corrected chi connectivity index (χ1v) is 4.64. The zero-order valence-corrected chi connectivity index (χ0v) is 8.12. The molecule has 0 aliphatic carbocycles. The molecule has 1 aliphatic rings. The molecule has 2 heterocycles. The molecule has 1 aromatic rings. The summed E-state index contributed by atoms with van der Waals surface area (Å²) in [4.78, 5) is 15.5. The van der Waals surface area contributed by atoms with Gasteiger partial charge in [-0.2, -0.15) is 0 Å². The minimum Gasteiger partial charge on any atom is -0.489 e. The SMILES string of the molecule is O=C(C1=CCCO1)c1ccc(Cl)nc1. The quantitative estimate of drug-likeness (QED) is 0.554. The van der Waals surface area contributed by atoms with Crippen LogP contribution in [0.4, 0.5) is 0 Å². The number of rotatable bonds is 2. The van der Waals surface area contributed by atoms with Crippen molar-refractivity contribution < 1.29 is 9.53 Å². The van der Waals surface area contributed by atoms with Gasteiger partial charge >= 0.3 is 0 Å². The van der Waals surface area contributed by atoms with Gasteiger partial charge in [0.25, 0.3) is 0 Å². The summed E-state index contributed by atoms with van der Waals surface area (Å²) < 4.78 is 5.15. The van der Waals surface area contributed by atoms with Gasteiger partial charge in [-0.1, -0.05) is 11.6 Å². The Balaban J connectivity index is 2.22. The maximum atomic E-state index is 11.7. The molecule has 4 heteroatoms. The minimum atomic E-state index is -0.133. The van der Waals surface area contributed by atoms with Crippen molar-refractivity contribution in [1.82, 2.24) is 4.98 Å². The molecule has 0 atom stereocenters. The molecule has 0 saturated heterocycles. The summed E-state index contributed by atoms with van der Waals surface area (Å²) in [6, 6.07) is 3.23. The van der Waals surface area contributed by atoms with Crippen molar-refractivity contribution >= 4 is 17.4 Å². The molecule has 0 spiro atoms. The number of aromatic nitrogens is 1. The predicted molar refractivity (Wildman–Crippen MR) is 52.2 cm³/mol. The number of ether oxygens (including phenoxy) is 1. The fraction of sp³-hybridized carbons (Fsp3) is 0.200. The molecule has 0 bridgehead atoms. The summed E-state index contributed by atoms with van der Waals surface area (Å²) >= 11 is 5.61. The highest BCUT2D eigenvalue weighted by Gasteiger charge is 2.16. The molecule has 0 unspecified atom stereocenters. The number of nitrogens with zero attached hydrogens (tertiary/aromatic N) is 1. The van der Waals surface area contributed by atoms with E-state index in [0.29, 0.717) is 23.1 Å². The zero-order valence-electron chi connectivity index (χ0n) is 7.37. The number of carbonyl (C=O) groups excluding carboxylic acids is 1. The molecule has 0 N–H and O–H groups in total. The van der Waals surface area contributed by atoms with Gasteiger partial charge in [-0.15, -0.1) is 0 Å². The fourth-order valence-corrected chi connectivity index (χ4v) is 1.34. The van der Waals surface area contributed by atoms with E-state index in [2.05, 4.69) is 4.98 Å². The van der Waals surface area contributed by atoms with Gasteiger partial charge < -0.3 is 4.74 Å². The molecule has 3 nitrogen and oxygen atoms in total. The summed E-state index contributed by atoms with van der Waals surface area (Å²) in [6.07, 6.45) is 4.03. The van der Waals surface area contributed by atoms with E-state index in [1.807, 2.05) is 0 Å². The molecule has 1 aromatic heterocycles. The Bertz CT molecular complexity index is 384. The number of hydrogen-bond acceptors (Lipinski definition) is 3. The van der Waals surface area contributed by atoms with E-state index in [4.69, 9.17) is 16.3 Å². The van der Waals surface area contributed by atoms with E-state index in [1.165, 1.54) is 6.20 Å². The molecule has 14 heavy (non-hydrogen) atoms. The first-order valence-electron chi connectivity index (χ1n) is 4.26. The second kappa shape index (κ2) is 3.80. The lowest BCUT2D eigenvalue weighted by Crippen LogP contribution is -2.04. The van der Waals surface area contributed by atoms with Crippen molar-refractivity contribution in [3.05, 3.63) is 40.9 Å². The smallest absolute Gasteiger partial charge is 0.228 e. The molecular formula is C10H8ClNO2. The van der Waals surface area contributed by atoms with E-state index < -0.39 is 0 Å². The van der Waals surface area contributed by atoms with Crippen LogP contribution in [0.15, 0.2) is 30.2 Å². The number of pyridine rings is 1. The second-order valence-corrected chi connectivity index (χ2v) is 3.29. The van der Waals surface area contributed by atoms with Gasteiger partial charge in [0.2, 0.25) is 5.78 Å². The number of Topliss-reactive ketones (excluding diaryl/α,β-unsaturated/α-hetero) is 1. The first kappa shape index (κ1) is 9.21. The topological polar surface area (TPSA) is 39.2 Å². The molecule has 0 fully saturated rings. The zero-order chi connectivity index (χ0) is 9.97. The van der Waals surface area contributed by atoms with Crippen molar-refractivity contribution in [2.45, 2.75) is 6.42 Å². The van der Waals surface area contributed by atoms with Crippen LogP contribution in [0.1, 0.15) is 16.8 Å². The molecule has 0 saturated carbocycles. The fourth-order valence-electron chi connectivity index (χ4n) is 1.23. The van der Waals surface area contributed by atoms with Crippen LogP contribution < -0.4 is 0 Å². The van der Waals surface area contributed by atoms with E-state index in [0.717, 1.165) is 6.42 Å². The first-order chi connectivity index (χ1) is 6.77. The Hall–Kier alpha value is -1.35. The number of hydrogen-bond donors (Lipinski definition) is 0. The highest BCUT2D eigenvalue weighted by atomic mass is 35.5. The van der Waals surface area contributed by atoms with Crippen LogP contribution in [0.25, 0.3) is 0 Å². The van der Waals surface area contributed by atoms with Gasteiger partial charge in [0.15, 0.2) is 5.76 Å². The van der Waals surface area contributed by atoms with Gasteiger partial charge in [-0.3, -0.25) is 4.79 Å². The van der Waals surface area contributed by atoms with Crippen LogP contribution in [0.3, 0.4) is 0 Å². The Morgan fingerprint density at radius 1 is 1.50 bits per heavy atom. The summed E-state index contributed by atoms with van der Waals surface area (Å²) in [5, 5.41) is 0.378. The van der Waals surface area contributed by atoms with Crippen LogP contribution >= 0.6 is 11.6 Å². The predicted octanol–water partition coefficient (Wildman–Crippen LogP) is 2.22. The summed E-state index contributed by atoms with van der Waals surface area (Å²) in [5.41, 5.74) is 0.502. The highest BCUT2D eigenvalue weighted by molar-refractivity contribution is 6.29. The number of allylic oxidation sites excluding steroid dienone is 1. The molecule has 0 aromatic carbocycles. The molecule has 72 valence electrons. The van der Waals surface area contributed by atoms with E-state index in [9.17, 15) is 4.79 Å². The average Bonchev–Trinajstić information content (AvgIpc) is 2.71. The van der Waals surface area contributed by atoms with Crippen LogP contribution in [-0.2, 0) is 4.74 Å². The maximum Gasteiger partial charge on any atom is 0.228 e. The van der Waals surface area contributed by atoms with Crippen LogP contribution in [0, 0.1) is 0 Å². The summed E-state index contributed by atoms with van der Waals surface area (Å²) in [6.45, 7) is 0.585. The Labute approximate surface area is 86.4 Å². The molecule has 0 radical (unpaired) electrons. The maximum absolute atomic E-state index is 11.7. The molecule has 1 aliphatic heterocycles. The van der Waals surface area contributed by atoms with E-state index in [-0.39, 0.29) is 5.78 Å². The molecule has 2 rings (SSSR count). The van der Waals surface area contributed by atoms with Gasteiger partial charge in [-0.25, -0.2) is 4.98 Å². The van der Waals surface area contributed by atoms with Gasteiger partial charge in [0.1, 0.15) is 5.15 Å². The van der Waals surface area contributed by atoms with Crippen molar-refractivity contribution in [3.63, 3.8) is 0 Å². The average molecular weight is 210 g/mol. The Morgan fingerprint density at radius 3 is 2.93 bits per heavy atom. The van der Waals surface area contributed by atoms with Crippen LogP contribution in [0.5, 0.6) is 0 Å². The minimum absolute atomic E-state index is 0.133. The normalized spacial score (nSPS) is 14.8. The highest BCUT2D eigenvalue weighted by Crippen LogP contribution is 2.15. The lowest BCUT2D eigenvalue weighted by Gasteiger charge is -2.01. The third-order valence-electron chi connectivity index (χ3n) is 1.92. The summed E-state index contributed by atoms with van der Waals surface area (Å²) in [7, 11) is 0. The summed E-state index contributed by atoms with van der Waals surface area (Å²) in [5.74, 6) is 0.279. The Morgan fingerprint density at radius 2 is 2.36 bits per heavy atom. The number of carbonyl (C=O) groups is 1. The third kappa shape index (κ3) is 1.77. The van der Waals surface area contributed by atoms with Crippen molar-refractivity contribution in [2.75, 3.05) is 6.61 Å². The lowest BCUT2D eigenvalue weighted by molar-refractivity contribution is 0.0942. The van der Waals surface area contributed by atoms with E-state index in [1.54, 1.807) is 18.2 Å². The van der Waals surface area contributed by atoms with Crippen LogP contribution in [-0.4, -0.2) is 17.4 Å². The standard InChI is InChI=1S/C10H8ClNO2/c11-9-4-3-7(6-12-9)10(13)8-2-1-5-14-8/h2-4,6H,1,5H2. The van der Waals surface area contributed by atoms with Gasteiger partial charge in [0, 0.05) is 18.2 Å². The largest absolute Gasteiger partial charge is 0.489 e. The molecule has 0 amide bonds. The van der Waals surface area contributed by atoms with Crippen molar-refractivity contribution in [2.24, 2.45) is 0 Å². The molecular weight excluding hydrogens is 202 g/mol. The number of halogens is 1. The van der Waals surface area contributed by atoms with Crippen molar-refractivity contribution in [1.29, 1.82) is 0 Å². The van der Waals surface area contributed by atoms with Gasteiger partial charge in [-0.05, 0) is 18.2 Å². The van der Waals surface area contributed by atoms with Gasteiger partial charge in [0.05, 0.1) is 6.61 Å². The second-order valence-electron chi connectivity index (χ2n) is 2.90. The van der Waals surface area contributed by atoms with E-state index >= 15 is 0 Å². The lowest BCUT2D eigenvalue weighted by atomic mass is 10.1. The van der Waals surface area contributed by atoms with Crippen molar-refractivity contribution in [3.8, 4) is 0 Å². The Kier molecular flexibility index (Phi) is 2.50. The monoisotopic (exact) mass is 209 g/mol. The van der Waals surface area contributed by atoms with Crippen LogP contribution in [0.2, 0.25) is 5.15 Å².